The summed E-state index contributed by atoms with van der Waals surface area (Å²) in [4.78, 5) is 0. The molecule has 0 radical (unpaired) electrons. The smallest absolute Gasteiger partial charge is 0.00976 e. The quantitative estimate of drug-likeness (QED) is 0.389. The first-order valence-electron chi connectivity index (χ1n) is 4.76. The van der Waals surface area contributed by atoms with Crippen molar-refractivity contribution in [1.82, 2.24) is 0 Å². The largest absolute Gasteiger partial charge is 0.179 e. The standard InChI is InChI=1S/C5H12S2.C4H10S2/c6-4-2-1-3-5-7;5-3-1-2-4-6/h6-7H,1-5H2;5-6H,1-4H2. The van der Waals surface area contributed by atoms with E-state index in [9.17, 15) is 0 Å². The number of hydrogen-bond acceptors (Lipinski definition) is 4. The van der Waals surface area contributed by atoms with E-state index in [1.165, 1.54) is 32.1 Å². The highest BCUT2D eigenvalue weighted by Crippen LogP contribution is 1.96. The molecule has 0 nitrogen and oxygen atoms in total. The maximum absolute atomic E-state index is 4.07. The Bertz CT molecular complexity index is 60.6. The summed E-state index contributed by atoms with van der Waals surface area (Å²) < 4.78 is 0. The molecule has 0 aromatic heterocycles. The number of rotatable bonds is 7. The Balaban J connectivity index is 0. The number of thiol groups is 4. The average molecular weight is 259 g/mol. The topological polar surface area (TPSA) is 0 Å². The van der Waals surface area contributed by atoms with Gasteiger partial charge in [-0.2, -0.15) is 50.5 Å². The van der Waals surface area contributed by atoms with Gasteiger partial charge in [0.2, 0.25) is 0 Å². The molecule has 0 unspecified atom stereocenters. The van der Waals surface area contributed by atoms with E-state index in [1.807, 2.05) is 0 Å². The van der Waals surface area contributed by atoms with Gasteiger partial charge in [-0.25, -0.2) is 0 Å². The summed E-state index contributed by atoms with van der Waals surface area (Å²) in [5.41, 5.74) is 0. The Morgan fingerprint density at radius 1 is 0.385 bits per heavy atom. The van der Waals surface area contributed by atoms with E-state index in [0.29, 0.717) is 0 Å². The summed E-state index contributed by atoms with van der Waals surface area (Å²) in [6, 6.07) is 0. The van der Waals surface area contributed by atoms with Crippen LogP contribution in [0.15, 0.2) is 0 Å². The van der Waals surface area contributed by atoms with Gasteiger partial charge < -0.3 is 0 Å². The first-order chi connectivity index (χ1) is 6.33. The van der Waals surface area contributed by atoms with Crippen molar-refractivity contribution < 1.29 is 0 Å². The van der Waals surface area contributed by atoms with Gasteiger partial charge in [-0.1, -0.05) is 6.42 Å². The molecule has 0 amide bonds. The second-order valence-electron chi connectivity index (χ2n) is 2.66. The lowest BCUT2D eigenvalue weighted by molar-refractivity contribution is 0.788. The van der Waals surface area contributed by atoms with Crippen LogP contribution in [0.4, 0.5) is 0 Å². The lowest BCUT2D eigenvalue weighted by Gasteiger charge is -1.90. The van der Waals surface area contributed by atoms with E-state index in [-0.39, 0.29) is 0 Å². The maximum Gasteiger partial charge on any atom is -0.00976 e. The monoisotopic (exact) mass is 258 g/mol. The van der Waals surface area contributed by atoms with Gasteiger partial charge in [0, 0.05) is 0 Å². The van der Waals surface area contributed by atoms with Gasteiger partial charge in [0.05, 0.1) is 0 Å². The molecule has 0 saturated heterocycles. The summed E-state index contributed by atoms with van der Waals surface area (Å²) in [6.07, 6.45) is 6.17. The Kier molecular flexibility index (Phi) is 24.6. The van der Waals surface area contributed by atoms with E-state index in [1.54, 1.807) is 0 Å². The molecule has 0 aliphatic rings. The molecule has 82 valence electrons. The van der Waals surface area contributed by atoms with E-state index in [2.05, 4.69) is 50.5 Å². The normalized spacial score (nSPS) is 9.23. The van der Waals surface area contributed by atoms with Gasteiger partial charge in [0.1, 0.15) is 0 Å². The van der Waals surface area contributed by atoms with Crippen molar-refractivity contribution in [1.29, 1.82) is 0 Å². The predicted molar refractivity (Wildman–Crippen MR) is 78.5 cm³/mol. The van der Waals surface area contributed by atoms with Crippen molar-refractivity contribution in [3.05, 3.63) is 0 Å². The molecule has 0 bridgehead atoms. The van der Waals surface area contributed by atoms with Crippen LogP contribution in [0.5, 0.6) is 0 Å². The minimum atomic E-state index is 1.00. The third-order valence-corrected chi connectivity index (χ3v) is 2.65. The van der Waals surface area contributed by atoms with Crippen LogP contribution in [0.1, 0.15) is 32.1 Å². The molecule has 0 aliphatic carbocycles. The van der Waals surface area contributed by atoms with Crippen molar-refractivity contribution in [2.45, 2.75) is 32.1 Å². The van der Waals surface area contributed by atoms with Crippen LogP contribution in [0.2, 0.25) is 0 Å². The second-order valence-corrected chi connectivity index (χ2v) is 4.45. The minimum absolute atomic E-state index is 1.00. The van der Waals surface area contributed by atoms with Gasteiger partial charge in [0.25, 0.3) is 0 Å². The highest BCUT2D eigenvalue weighted by atomic mass is 32.1. The number of hydrogen-bond donors (Lipinski definition) is 4. The third kappa shape index (κ3) is 24.7. The third-order valence-electron chi connectivity index (χ3n) is 1.38. The van der Waals surface area contributed by atoms with Gasteiger partial charge in [-0.15, -0.1) is 0 Å². The molecule has 0 fully saturated rings. The summed E-state index contributed by atoms with van der Waals surface area (Å²) in [5.74, 6) is 4.04. The fraction of sp³-hybridized carbons (Fsp3) is 1.00. The molecule has 0 N–H and O–H groups in total. The Morgan fingerprint density at radius 3 is 0.846 bits per heavy atom. The molecular formula is C9H22S4. The van der Waals surface area contributed by atoms with E-state index in [0.717, 1.165) is 23.0 Å². The van der Waals surface area contributed by atoms with Crippen molar-refractivity contribution in [3.8, 4) is 0 Å². The lowest BCUT2D eigenvalue weighted by atomic mass is 10.3. The van der Waals surface area contributed by atoms with Crippen molar-refractivity contribution >= 4 is 50.5 Å². The lowest BCUT2D eigenvalue weighted by Crippen LogP contribution is -1.77. The molecule has 0 saturated carbocycles. The van der Waals surface area contributed by atoms with Crippen LogP contribution < -0.4 is 0 Å². The minimum Gasteiger partial charge on any atom is -0.179 e. The Hall–Kier alpha value is 1.40. The summed E-state index contributed by atoms with van der Waals surface area (Å²) >= 11 is 16.2. The fourth-order valence-electron chi connectivity index (χ4n) is 0.624. The molecule has 0 rings (SSSR count). The zero-order valence-corrected chi connectivity index (χ0v) is 11.7. The van der Waals surface area contributed by atoms with Crippen LogP contribution in [-0.2, 0) is 0 Å². The maximum atomic E-state index is 4.07. The highest BCUT2D eigenvalue weighted by Gasteiger charge is 1.81. The van der Waals surface area contributed by atoms with E-state index < -0.39 is 0 Å². The van der Waals surface area contributed by atoms with Crippen LogP contribution in [0.3, 0.4) is 0 Å². The van der Waals surface area contributed by atoms with Crippen molar-refractivity contribution in [2.75, 3.05) is 23.0 Å². The summed E-state index contributed by atoms with van der Waals surface area (Å²) in [5, 5.41) is 0. The molecule has 0 aliphatic heterocycles. The van der Waals surface area contributed by atoms with Gasteiger partial charge >= 0.3 is 0 Å². The zero-order valence-electron chi connectivity index (χ0n) is 8.15. The molecule has 0 atom stereocenters. The number of unbranched alkanes of at least 4 members (excludes halogenated alkanes) is 3. The SMILES string of the molecule is SCCCCCS.SCCCCS. The van der Waals surface area contributed by atoms with Crippen molar-refractivity contribution in [2.24, 2.45) is 0 Å². The van der Waals surface area contributed by atoms with Gasteiger partial charge in [-0.3, -0.25) is 0 Å². The van der Waals surface area contributed by atoms with Crippen LogP contribution >= 0.6 is 50.5 Å². The Morgan fingerprint density at radius 2 is 0.615 bits per heavy atom. The van der Waals surface area contributed by atoms with Gasteiger partial charge in [0.15, 0.2) is 0 Å². The fourth-order valence-corrected chi connectivity index (χ4v) is 1.52. The molecule has 0 aromatic carbocycles. The molecule has 0 heterocycles. The van der Waals surface area contributed by atoms with E-state index >= 15 is 0 Å². The highest BCUT2D eigenvalue weighted by molar-refractivity contribution is 7.80. The van der Waals surface area contributed by atoms with E-state index in [4.69, 9.17) is 0 Å². The second kappa shape index (κ2) is 19.0. The average Bonchev–Trinajstić information content (AvgIpc) is 2.17. The molecular weight excluding hydrogens is 236 g/mol. The molecule has 0 aromatic rings. The Labute approximate surface area is 105 Å². The molecule has 13 heavy (non-hydrogen) atoms. The van der Waals surface area contributed by atoms with Crippen LogP contribution in [0.25, 0.3) is 0 Å². The first kappa shape index (κ1) is 16.8. The summed E-state index contributed by atoms with van der Waals surface area (Å²) in [6.45, 7) is 0. The summed E-state index contributed by atoms with van der Waals surface area (Å²) in [7, 11) is 0. The predicted octanol–water partition coefficient (Wildman–Crippen LogP) is 3.64. The van der Waals surface area contributed by atoms with Crippen LogP contribution in [-0.4, -0.2) is 23.0 Å². The van der Waals surface area contributed by atoms with Crippen molar-refractivity contribution in [3.63, 3.8) is 0 Å². The van der Waals surface area contributed by atoms with Gasteiger partial charge in [-0.05, 0) is 48.7 Å². The zero-order chi connectivity index (χ0) is 10.4. The molecule has 4 heteroatoms. The first-order valence-corrected chi connectivity index (χ1v) is 7.29. The van der Waals surface area contributed by atoms with Crippen LogP contribution in [0, 0.1) is 0 Å². The molecule has 0 spiro atoms.